The van der Waals surface area contributed by atoms with Crippen LogP contribution in [0.4, 0.5) is 5.82 Å². The molecule has 5 heteroatoms. The van der Waals surface area contributed by atoms with Crippen molar-refractivity contribution in [2.45, 2.75) is 31.0 Å². The van der Waals surface area contributed by atoms with Crippen molar-refractivity contribution in [2.75, 3.05) is 5.32 Å². The first-order valence-electron chi connectivity index (χ1n) is 6.49. The molecule has 0 fully saturated rings. The Kier molecular flexibility index (Phi) is 5.12. The van der Waals surface area contributed by atoms with Gasteiger partial charge in [-0.1, -0.05) is 48.5 Å². The zero-order valence-corrected chi connectivity index (χ0v) is 12.4. The Morgan fingerprint density at radius 3 is 2.75 bits per heavy atom. The lowest BCUT2D eigenvalue weighted by molar-refractivity contribution is -0.115. The smallest absolute Gasteiger partial charge is 0.225 e. The van der Waals surface area contributed by atoms with E-state index in [0.29, 0.717) is 12.2 Å². The van der Waals surface area contributed by atoms with Crippen molar-refractivity contribution in [1.82, 2.24) is 10.2 Å². The van der Waals surface area contributed by atoms with Crippen molar-refractivity contribution in [1.29, 1.82) is 0 Å². The second kappa shape index (κ2) is 7.05. The van der Waals surface area contributed by atoms with E-state index in [9.17, 15) is 4.79 Å². The van der Waals surface area contributed by atoms with Crippen LogP contribution in [-0.2, 0) is 10.5 Å². The molecule has 0 aliphatic carbocycles. The minimum absolute atomic E-state index is 0.0561. The van der Waals surface area contributed by atoms with E-state index in [1.54, 1.807) is 24.8 Å². The van der Waals surface area contributed by atoms with Gasteiger partial charge in [-0.25, -0.2) is 0 Å². The van der Waals surface area contributed by atoms with Gasteiger partial charge in [-0.3, -0.25) is 4.79 Å². The summed E-state index contributed by atoms with van der Waals surface area (Å²) in [5.41, 5.74) is 2.52. The lowest BCUT2D eigenvalue weighted by Gasteiger charge is -2.04. The van der Waals surface area contributed by atoms with Gasteiger partial charge in [0.1, 0.15) is 5.03 Å². The van der Waals surface area contributed by atoms with Crippen molar-refractivity contribution in [3.05, 3.63) is 47.5 Å². The van der Waals surface area contributed by atoms with Gasteiger partial charge in [0.2, 0.25) is 5.91 Å². The van der Waals surface area contributed by atoms with Gasteiger partial charge in [0.25, 0.3) is 0 Å². The first-order valence-corrected chi connectivity index (χ1v) is 7.48. The third-order valence-corrected chi connectivity index (χ3v) is 3.69. The van der Waals surface area contributed by atoms with E-state index in [0.717, 1.165) is 10.8 Å². The summed E-state index contributed by atoms with van der Waals surface area (Å²) >= 11 is 1.63. The summed E-state index contributed by atoms with van der Waals surface area (Å²) in [6.07, 6.45) is 0.436. The minimum Gasteiger partial charge on any atom is -0.309 e. The molecular weight excluding hydrogens is 270 g/mol. The molecule has 0 atom stereocenters. The van der Waals surface area contributed by atoms with Crippen LogP contribution >= 0.6 is 11.8 Å². The summed E-state index contributed by atoms with van der Waals surface area (Å²) in [4.78, 5) is 11.2. The highest BCUT2D eigenvalue weighted by Gasteiger charge is 2.02. The van der Waals surface area contributed by atoms with E-state index < -0.39 is 0 Å². The number of aryl methyl sites for hydroxylation is 1. The molecule has 1 amide bonds. The Bertz CT molecular complexity index is 584. The molecule has 0 unspecified atom stereocenters. The summed E-state index contributed by atoms with van der Waals surface area (Å²) in [6.45, 7) is 3.88. The Labute approximate surface area is 123 Å². The van der Waals surface area contributed by atoms with Crippen LogP contribution in [0, 0.1) is 6.92 Å². The number of aromatic nitrogens is 2. The minimum atomic E-state index is -0.0561. The van der Waals surface area contributed by atoms with Gasteiger partial charge in [-0.15, -0.1) is 10.2 Å². The summed E-state index contributed by atoms with van der Waals surface area (Å²) in [5.74, 6) is 1.30. The van der Waals surface area contributed by atoms with Crippen molar-refractivity contribution in [3.8, 4) is 0 Å². The number of carbonyl (C=O) groups excluding carboxylic acids is 1. The Hall–Kier alpha value is -1.88. The zero-order chi connectivity index (χ0) is 14.4. The maximum atomic E-state index is 11.2. The van der Waals surface area contributed by atoms with Gasteiger partial charge in [-0.05, 0) is 24.6 Å². The Morgan fingerprint density at radius 2 is 2.10 bits per heavy atom. The molecule has 0 saturated heterocycles. The molecule has 0 radical (unpaired) electrons. The van der Waals surface area contributed by atoms with Gasteiger partial charge >= 0.3 is 0 Å². The number of thioether (sulfide) groups is 1. The largest absolute Gasteiger partial charge is 0.309 e. The fraction of sp³-hybridized carbons (Fsp3) is 0.267. The van der Waals surface area contributed by atoms with Crippen LogP contribution in [-0.4, -0.2) is 16.1 Å². The molecule has 0 bridgehead atoms. The number of nitrogens with zero attached hydrogens (tertiary/aromatic N) is 2. The maximum absolute atomic E-state index is 11.2. The first kappa shape index (κ1) is 14.5. The molecule has 104 valence electrons. The molecule has 1 N–H and O–H groups in total. The van der Waals surface area contributed by atoms with E-state index >= 15 is 0 Å². The Balaban J connectivity index is 1.92. The molecule has 2 aromatic rings. The van der Waals surface area contributed by atoms with E-state index in [1.165, 1.54) is 11.1 Å². The lowest BCUT2D eigenvalue weighted by Crippen LogP contribution is -2.11. The highest BCUT2D eigenvalue weighted by molar-refractivity contribution is 7.98. The summed E-state index contributed by atoms with van der Waals surface area (Å²) < 4.78 is 0. The van der Waals surface area contributed by atoms with Crippen molar-refractivity contribution in [3.63, 3.8) is 0 Å². The third kappa shape index (κ3) is 4.35. The fourth-order valence-corrected chi connectivity index (χ4v) is 2.41. The average Bonchev–Trinajstić information content (AvgIpc) is 2.46. The number of rotatable bonds is 5. The van der Waals surface area contributed by atoms with Crippen molar-refractivity contribution >= 4 is 23.5 Å². The van der Waals surface area contributed by atoms with Gasteiger partial charge in [0.05, 0.1) is 0 Å². The summed E-state index contributed by atoms with van der Waals surface area (Å²) in [7, 11) is 0. The Morgan fingerprint density at radius 1 is 1.25 bits per heavy atom. The van der Waals surface area contributed by atoms with Crippen LogP contribution in [0.15, 0.2) is 41.4 Å². The predicted molar refractivity (Wildman–Crippen MR) is 81.7 cm³/mol. The topological polar surface area (TPSA) is 54.9 Å². The normalized spacial score (nSPS) is 10.3. The van der Waals surface area contributed by atoms with E-state index in [2.05, 4.69) is 46.7 Å². The molecule has 0 saturated carbocycles. The van der Waals surface area contributed by atoms with Crippen LogP contribution in [0.1, 0.15) is 24.5 Å². The molecular formula is C15H17N3OS. The molecule has 0 aliphatic heterocycles. The molecule has 1 heterocycles. The van der Waals surface area contributed by atoms with E-state index in [4.69, 9.17) is 0 Å². The van der Waals surface area contributed by atoms with Gasteiger partial charge in [0, 0.05) is 12.2 Å². The van der Waals surface area contributed by atoms with Gasteiger partial charge in [-0.2, -0.15) is 0 Å². The van der Waals surface area contributed by atoms with Crippen LogP contribution in [0.5, 0.6) is 0 Å². The standard InChI is InChI=1S/C15H17N3OS/c1-3-14(19)16-13-7-8-15(18-17-13)20-10-12-6-4-5-11(2)9-12/h4-9H,3,10H2,1-2H3,(H,16,17,19). The predicted octanol–water partition coefficient (Wildman–Crippen LogP) is 3.43. The zero-order valence-electron chi connectivity index (χ0n) is 11.6. The second-order valence-electron chi connectivity index (χ2n) is 4.44. The van der Waals surface area contributed by atoms with Crippen LogP contribution in [0.25, 0.3) is 0 Å². The quantitative estimate of drug-likeness (QED) is 0.856. The van der Waals surface area contributed by atoms with Crippen molar-refractivity contribution < 1.29 is 4.79 Å². The monoisotopic (exact) mass is 287 g/mol. The third-order valence-electron chi connectivity index (χ3n) is 2.70. The average molecular weight is 287 g/mol. The highest BCUT2D eigenvalue weighted by atomic mass is 32.2. The van der Waals surface area contributed by atoms with Crippen molar-refractivity contribution in [2.24, 2.45) is 0 Å². The molecule has 2 rings (SSSR count). The van der Waals surface area contributed by atoms with Crippen LogP contribution in [0.2, 0.25) is 0 Å². The second-order valence-corrected chi connectivity index (χ2v) is 5.43. The van der Waals surface area contributed by atoms with Crippen LogP contribution in [0.3, 0.4) is 0 Å². The fourth-order valence-electron chi connectivity index (χ4n) is 1.65. The number of benzene rings is 1. The molecule has 1 aromatic heterocycles. The molecule has 20 heavy (non-hydrogen) atoms. The number of amides is 1. The summed E-state index contributed by atoms with van der Waals surface area (Å²) in [5, 5.41) is 11.6. The summed E-state index contributed by atoms with van der Waals surface area (Å²) in [6, 6.07) is 12.1. The molecule has 4 nitrogen and oxygen atoms in total. The number of hydrogen-bond donors (Lipinski definition) is 1. The number of hydrogen-bond acceptors (Lipinski definition) is 4. The number of nitrogens with one attached hydrogen (secondary N) is 1. The first-order chi connectivity index (χ1) is 9.67. The van der Waals surface area contributed by atoms with E-state index in [-0.39, 0.29) is 5.91 Å². The van der Waals surface area contributed by atoms with Gasteiger partial charge in [0.15, 0.2) is 5.82 Å². The molecule has 0 spiro atoms. The van der Waals surface area contributed by atoms with Gasteiger partial charge < -0.3 is 5.32 Å². The maximum Gasteiger partial charge on any atom is 0.225 e. The molecule has 1 aromatic carbocycles. The SMILES string of the molecule is CCC(=O)Nc1ccc(SCc2cccc(C)c2)nn1. The lowest BCUT2D eigenvalue weighted by atomic mass is 10.2. The highest BCUT2D eigenvalue weighted by Crippen LogP contribution is 2.21. The molecule has 0 aliphatic rings. The van der Waals surface area contributed by atoms with E-state index in [1.807, 2.05) is 6.07 Å². The number of anilines is 1. The number of carbonyl (C=O) groups is 1. The van der Waals surface area contributed by atoms with Crippen LogP contribution < -0.4 is 5.32 Å².